The second-order valence-electron chi connectivity index (χ2n) is 6.67. The molecule has 5 nitrogen and oxygen atoms in total. The lowest BCUT2D eigenvalue weighted by atomic mass is 9.97. The van der Waals surface area contributed by atoms with Crippen LogP contribution in [0.4, 0.5) is 4.39 Å². The minimum atomic E-state index is -0.404. The molecular weight excluding hydrogens is 367 g/mol. The van der Waals surface area contributed by atoms with E-state index in [0.717, 1.165) is 47.0 Å². The zero-order valence-corrected chi connectivity index (χ0v) is 15.6. The van der Waals surface area contributed by atoms with Gasteiger partial charge in [-0.15, -0.1) is 11.3 Å². The monoisotopic (exact) mass is 386 g/mol. The quantitative estimate of drug-likeness (QED) is 0.629. The fourth-order valence-electron chi connectivity index (χ4n) is 3.37. The minimum absolute atomic E-state index is 0.0780. The van der Waals surface area contributed by atoms with Crippen LogP contribution in [0.15, 0.2) is 35.4 Å². The molecule has 0 aliphatic heterocycles. The van der Waals surface area contributed by atoms with E-state index in [1.807, 2.05) is 0 Å². The van der Waals surface area contributed by atoms with Gasteiger partial charge < -0.3 is 4.74 Å². The lowest BCUT2D eigenvalue weighted by Gasteiger charge is -2.10. The average Bonchev–Trinajstić information content (AvgIpc) is 3.06. The summed E-state index contributed by atoms with van der Waals surface area (Å²) in [5, 5.41) is 0.719. The van der Waals surface area contributed by atoms with Gasteiger partial charge >= 0.3 is 5.97 Å². The number of nitrogens with zero attached hydrogens (tertiary/aromatic N) is 2. The molecular formula is C20H19FN2O3S. The Labute approximate surface area is 159 Å². The maximum Gasteiger partial charge on any atom is 0.307 e. The first-order valence-corrected chi connectivity index (χ1v) is 9.83. The molecule has 0 amide bonds. The first-order valence-electron chi connectivity index (χ1n) is 9.01. The van der Waals surface area contributed by atoms with Gasteiger partial charge in [-0.05, 0) is 48.9 Å². The van der Waals surface area contributed by atoms with E-state index < -0.39 is 5.97 Å². The van der Waals surface area contributed by atoms with Crippen LogP contribution < -0.4 is 5.56 Å². The predicted octanol–water partition coefficient (Wildman–Crippen LogP) is 3.61. The maximum absolute atomic E-state index is 12.9. The Morgan fingerprint density at radius 1 is 1.22 bits per heavy atom. The summed E-state index contributed by atoms with van der Waals surface area (Å²) in [6, 6.07) is 5.80. The number of benzene rings is 1. The van der Waals surface area contributed by atoms with E-state index in [4.69, 9.17) is 4.74 Å². The van der Waals surface area contributed by atoms with Gasteiger partial charge in [0.2, 0.25) is 0 Å². The Morgan fingerprint density at radius 3 is 2.81 bits per heavy atom. The van der Waals surface area contributed by atoms with Crippen molar-refractivity contribution in [2.45, 2.75) is 45.3 Å². The number of esters is 1. The largest absolute Gasteiger partial charge is 0.461 e. The third-order valence-electron chi connectivity index (χ3n) is 4.81. The summed E-state index contributed by atoms with van der Waals surface area (Å²) in [7, 11) is 0. The summed E-state index contributed by atoms with van der Waals surface area (Å²) in [6.45, 7) is 0.317. The van der Waals surface area contributed by atoms with Gasteiger partial charge in [0.05, 0.1) is 18.1 Å². The highest BCUT2D eigenvalue weighted by molar-refractivity contribution is 7.18. The van der Waals surface area contributed by atoms with E-state index in [1.165, 1.54) is 27.9 Å². The van der Waals surface area contributed by atoms with Crippen LogP contribution in [-0.2, 0) is 35.5 Å². The number of carbonyl (C=O) groups is 1. The number of aryl methyl sites for hydroxylation is 3. The van der Waals surface area contributed by atoms with E-state index >= 15 is 0 Å². The van der Waals surface area contributed by atoms with Crippen LogP contribution in [-0.4, -0.2) is 15.5 Å². The second-order valence-corrected chi connectivity index (χ2v) is 7.75. The van der Waals surface area contributed by atoms with Crippen molar-refractivity contribution in [3.63, 3.8) is 0 Å². The minimum Gasteiger partial charge on any atom is -0.461 e. The molecule has 0 atom stereocenters. The zero-order valence-electron chi connectivity index (χ0n) is 14.7. The van der Waals surface area contributed by atoms with Crippen molar-refractivity contribution in [1.29, 1.82) is 0 Å². The van der Waals surface area contributed by atoms with Gasteiger partial charge in [0.1, 0.15) is 17.3 Å². The highest BCUT2D eigenvalue weighted by Gasteiger charge is 2.20. The van der Waals surface area contributed by atoms with Gasteiger partial charge in [-0.1, -0.05) is 12.1 Å². The number of thiophene rings is 1. The predicted molar refractivity (Wildman–Crippen MR) is 101 cm³/mol. The van der Waals surface area contributed by atoms with Crippen molar-refractivity contribution in [2.24, 2.45) is 0 Å². The molecule has 0 saturated carbocycles. The standard InChI is InChI=1S/C20H19FN2O3S/c21-14-7-5-13(6-8-14)11-26-17(24)9-10-23-12-22-19-18(20(23)25)15-3-1-2-4-16(15)27-19/h5-8,12H,1-4,9-11H2. The number of aromatic nitrogens is 2. The van der Waals surface area contributed by atoms with E-state index in [9.17, 15) is 14.0 Å². The topological polar surface area (TPSA) is 61.2 Å². The summed E-state index contributed by atoms with van der Waals surface area (Å²) in [5.74, 6) is -0.735. The van der Waals surface area contributed by atoms with Crippen LogP contribution in [0.25, 0.3) is 10.2 Å². The Bertz CT molecular complexity index is 1040. The highest BCUT2D eigenvalue weighted by Crippen LogP contribution is 2.33. The number of hydrogen-bond donors (Lipinski definition) is 0. The van der Waals surface area contributed by atoms with Crippen LogP contribution in [0, 0.1) is 5.82 Å². The fraction of sp³-hybridized carbons (Fsp3) is 0.350. The first-order chi connectivity index (χ1) is 13.1. The molecule has 1 aliphatic rings. The van der Waals surface area contributed by atoms with E-state index in [1.54, 1.807) is 23.5 Å². The number of hydrogen-bond acceptors (Lipinski definition) is 5. The van der Waals surface area contributed by atoms with Gasteiger partial charge in [-0.3, -0.25) is 14.2 Å². The Kier molecular flexibility index (Phi) is 5.03. The lowest BCUT2D eigenvalue weighted by Crippen LogP contribution is -2.23. The third kappa shape index (κ3) is 3.78. The van der Waals surface area contributed by atoms with Crippen molar-refractivity contribution in [2.75, 3.05) is 0 Å². The van der Waals surface area contributed by atoms with E-state index in [0.29, 0.717) is 0 Å². The van der Waals surface area contributed by atoms with Crippen molar-refractivity contribution >= 4 is 27.5 Å². The van der Waals surface area contributed by atoms with Crippen molar-refractivity contribution in [3.8, 4) is 0 Å². The Balaban J connectivity index is 1.42. The molecule has 0 fully saturated rings. The molecule has 1 aliphatic carbocycles. The summed E-state index contributed by atoms with van der Waals surface area (Å²) in [5.41, 5.74) is 1.78. The molecule has 140 valence electrons. The number of ether oxygens (including phenoxy) is 1. The normalized spacial score (nSPS) is 13.5. The number of halogens is 1. The van der Waals surface area contributed by atoms with Crippen LogP contribution in [0.1, 0.15) is 35.3 Å². The molecule has 2 aromatic heterocycles. The Hall–Kier alpha value is -2.54. The van der Waals surface area contributed by atoms with Gasteiger partial charge in [0, 0.05) is 11.4 Å². The molecule has 0 unspecified atom stereocenters. The molecule has 3 aromatic rings. The molecule has 4 rings (SSSR count). The highest BCUT2D eigenvalue weighted by atomic mass is 32.1. The van der Waals surface area contributed by atoms with Crippen molar-refractivity contribution in [1.82, 2.24) is 9.55 Å². The van der Waals surface area contributed by atoms with Crippen LogP contribution in [0.3, 0.4) is 0 Å². The third-order valence-corrected chi connectivity index (χ3v) is 6.01. The molecule has 0 saturated heterocycles. The maximum atomic E-state index is 12.9. The zero-order chi connectivity index (χ0) is 18.8. The summed E-state index contributed by atoms with van der Waals surface area (Å²) in [4.78, 5) is 31.3. The first kappa shape index (κ1) is 17.9. The van der Waals surface area contributed by atoms with Gasteiger partial charge in [-0.2, -0.15) is 0 Å². The molecule has 0 radical (unpaired) electrons. The SMILES string of the molecule is O=C(CCn1cnc2sc3c(c2c1=O)CCCC3)OCc1ccc(F)cc1. The Morgan fingerprint density at radius 2 is 2.00 bits per heavy atom. The summed E-state index contributed by atoms with van der Waals surface area (Å²) in [6.07, 6.45) is 5.80. The average molecular weight is 386 g/mol. The summed E-state index contributed by atoms with van der Waals surface area (Å²) >= 11 is 1.61. The molecule has 2 heterocycles. The van der Waals surface area contributed by atoms with Crippen LogP contribution in [0.2, 0.25) is 0 Å². The van der Waals surface area contributed by atoms with Crippen molar-refractivity contribution < 1.29 is 13.9 Å². The van der Waals surface area contributed by atoms with Gasteiger partial charge in [0.15, 0.2) is 0 Å². The van der Waals surface area contributed by atoms with E-state index in [-0.39, 0.29) is 30.9 Å². The van der Waals surface area contributed by atoms with Crippen molar-refractivity contribution in [3.05, 3.63) is 62.8 Å². The fourth-order valence-corrected chi connectivity index (χ4v) is 4.59. The molecule has 0 N–H and O–H groups in total. The molecule has 0 bridgehead atoms. The molecule has 7 heteroatoms. The number of carbonyl (C=O) groups excluding carboxylic acids is 1. The van der Waals surface area contributed by atoms with E-state index in [2.05, 4.69) is 4.98 Å². The van der Waals surface area contributed by atoms with Crippen LogP contribution in [0.5, 0.6) is 0 Å². The molecule has 0 spiro atoms. The second kappa shape index (κ2) is 7.60. The number of rotatable bonds is 5. The van der Waals surface area contributed by atoms with Gasteiger partial charge in [-0.25, -0.2) is 9.37 Å². The smallest absolute Gasteiger partial charge is 0.307 e. The molecule has 27 heavy (non-hydrogen) atoms. The van der Waals surface area contributed by atoms with Gasteiger partial charge in [0.25, 0.3) is 5.56 Å². The number of fused-ring (bicyclic) bond motifs is 3. The summed E-state index contributed by atoms with van der Waals surface area (Å²) < 4.78 is 19.6. The lowest BCUT2D eigenvalue weighted by molar-refractivity contribution is -0.145. The van der Waals surface area contributed by atoms with Crippen LogP contribution >= 0.6 is 11.3 Å². The molecule has 1 aromatic carbocycles.